The molecule has 0 radical (unpaired) electrons. The lowest BCUT2D eigenvalue weighted by Crippen LogP contribution is -1.84. The number of hydrogen-bond donors (Lipinski definition) is 0. The number of rotatable bonds is 5. The van der Waals surface area contributed by atoms with Crippen LogP contribution in [0.25, 0.3) is 21.5 Å². The fourth-order valence-corrected chi connectivity index (χ4v) is 4.60. The van der Waals surface area contributed by atoms with E-state index < -0.39 is 0 Å². The number of pyridine rings is 1. The van der Waals surface area contributed by atoms with Gasteiger partial charge >= 0.3 is 0 Å². The molecule has 0 N–H and O–H groups in total. The van der Waals surface area contributed by atoms with Gasteiger partial charge in [-0.15, -0.1) is 32.9 Å². The molecular formula is C16H13N5OS3. The Bertz CT molecular complexity index is 992. The van der Waals surface area contributed by atoms with Crippen molar-refractivity contribution in [3.05, 3.63) is 46.2 Å². The fourth-order valence-electron chi connectivity index (χ4n) is 2.21. The van der Waals surface area contributed by atoms with Crippen LogP contribution in [0.1, 0.15) is 16.4 Å². The summed E-state index contributed by atoms with van der Waals surface area (Å²) in [6.07, 6.45) is 1.77. The van der Waals surface area contributed by atoms with E-state index in [9.17, 15) is 0 Å². The van der Waals surface area contributed by atoms with Gasteiger partial charge in [-0.2, -0.15) is 0 Å². The smallest absolute Gasteiger partial charge is 0.277 e. The Hall–Kier alpha value is -2.10. The van der Waals surface area contributed by atoms with Crippen molar-refractivity contribution >= 4 is 34.4 Å². The first kappa shape index (κ1) is 16.4. The molecule has 0 atom stereocenters. The zero-order chi connectivity index (χ0) is 17.2. The molecule has 9 heteroatoms. The SMILES string of the molecule is Cc1nc(C)c(-c2nnc(SCc3csc(-c4ccccn4)n3)o2)s1. The molecule has 4 rings (SSSR count). The summed E-state index contributed by atoms with van der Waals surface area (Å²) in [5.74, 6) is 1.20. The first-order chi connectivity index (χ1) is 12.2. The highest BCUT2D eigenvalue weighted by atomic mass is 32.2. The van der Waals surface area contributed by atoms with Crippen molar-refractivity contribution in [2.24, 2.45) is 0 Å². The maximum absolute atomic E-state index is 5.75. The van der Waals surface area contributed by atoms with Crippen molar-refractivity contribution in [1.82, 2.24) is 25.1 Å². The highest BCUT2D eigenvalue weighted by Gasteiger charge is 2.15. The molecule has 4 aromatic heterocycles. The largest absolute Gasteiger partial charge is 0.410 e. The van der Waals surface area contributed by atoms with Crippen molar-refractivity contribution in [2.75, 3.05) is 0 Å². The summed E-state index contributed by atoms with van der Waals surface area (Å²) >= 11 is 4.62. The van der Waals surface area contributed by atoms with E-state index in [4.69, 9.17) is 4.42 Å². The van der Waals surface area contributed by atoms with Crippen LogP contribution in [0.15, 0.2) is 39.4 Å². The molecule has 6 nitrogen and oxygen atoms in total. The van der Waals surface area contributed by atoms with Crippen molar-refractivity contribution in [1.29, 1.82) is 0 Å². The Morgan fingerprint density at radius 2 is 2.08 bits per heavy atom. The van der Waals surface area contributed by atoms with Crippen molar-refractivity contribution in [3.63, 3.8) is 0 Å². The number of nitrogens with zero attached hydrogens (tertiary/aromatic N) is 5. The Balaban J connectivity index is 1.44. The van der Waals surface area contributed by atoms with Gasteiger partial charge in [-0.1, -0.05) is 17.8 Å². The third-order valence-corrected chi connectivity index (χ3v) is 6.11. The second-order valence-corrected chi connectivity index (χ2v) is 8.16. The molecule has 0 aliphatic carbocycles. The van der Waals surface area contributed by atoms with Gasteiger partial charge in [0.2, 0.25) is 0 Å². The van der Waals surface area contributed by atoms with Crippen molar-refractivity contribution in [3.8, 4) is 21.5 Å². The molecular weight excluding hydrogens is 374 g/mol. The average Bonchev–Trinajstić information content (AvgIpc) is 3.33. The Kier molecular flexibility index (Phi) is 4.60. The van der Waals surface area contributed by atoms with E-state index in [0.29, 0.717) is 16.9 Å². The molecule has 25 heavy (non-hydrogen) atoms. The maximum atomic E-state index is 5.75. The normalized spacial score (nSPS) is 11.1. The summed E-state index contributed by atoms with van der Waals surface area (Å²) in [4.78, 5) is 14.3. The van der Waals surface area contributed by atoms with Gasteiger partial charge in [-0.25, -0.2) is 9.97 Å². The quantitative estimate of drug-likeness (QED) is 0.462. The first-order valence-electron chi connectivity index (χ1n) is 7.45. The van der Waals surface area contributed by atoms with Crippen molar-refractivity contribution < 1.29 is 4.42 Å². The summed E-state index contributed by atoms with van der Waals surface area (Å²) in [6.45, 7) is 3.92. The van der Waals surface area contributed by atoms with Gasteiger partial charge in [0.15, 0.2) is 0 Å². The molecule has 4 heterocycles. The van der Waals surface area contributed by atoms with Crippen LogP contribution in [0.3, 0.4) is 0 Å². The Morgan fingerprint density at radius 3 is 2.84 bits per heavy atom. The predicted octanol–water partition coefficient (Wildman–Crippen LogP) is 4.62. The van der Waals surface area contributed by atoms with E-state index in [-0.39, 0.29) is 0 Å². The molecule has 0 saturated heterocycles. The second-order valence-electron chi connectivity index (χ2n) is 5.17. The van der Waals surface area contributed by atoms with Crippen LogP contribution in [-0.4, -0.2) is 25.1 Å². The second kappa shape index (κ2) is 7.03. The summed E-state index contributed by atoms with van der Waals surface area (Å²) in [6, 6.07) is 5.81. The van der Waals surface area contributed by atoms with Crippen LogP contribution >= 0.6 is 34.4 Å². The number of thiazole rings is 2. The molecule has 126 valence electrons. The minimum Gasteiger partial charge on any atom is -0.410 e. The molecule has 0 bridgehead atoms. The minimum atomic E-state index is 0.526. The summed E-state index contributed by atoms with van der Waals surface area (Å²) < 4.78 is 5.75. The summed E-state index contributed by atoms with van der Waals surface area (Å²) in [5, 5.41) is 12.7. The average molecular weight is 388 g/mol. The first-order valence-corrected chi connectivity index (χ1v) is 10.1. The molecule has 0 fully saturated rings. The van der Waals surface area contributed by atoms with Crippen LogP contribution in [0.5, 0.6) is 0 Å². The topological polar surface area (TPSA) is 77.6 Å². The van der Waals surface area contributed by atoms with Gasteiger partial charge in [0.05, 0.1) is 22.1 Å². The van der Waals surface area contributed by atoms with E-state index in [1.807, 2.05) is 37.4 Å². The Morgan fingerprint density at radius 1 is 1.16 bits per heavy atom. The van der Waals surface area contributed by atoms with Gasteiger partial charge in [0, 0.05) is 17.3 Å². The monoisotopic (exact) mass is 387 g/mol. The zero-order valence-electron chi connectivity index (χ0n) is 13.5. The van der Waals surface area contributed by atoms with E-state index in [2.05, 4.69) is 25.1 Å². The van der Waals surface area contributed by atoms with Crippen LogP contribution in [0.2, 0.25) is 0 Å². The van der Waals surface area contributed by atoms with E-state index in [1.165, 1.54) is 11.8 Å². The summed E-state index contributed by atoms with van der Waals surface area (Å²) in [7, 11) is 0. The number of aromatic nitrogens is 5. The summed E-state index contributed by atoms with van der Waals surface area (Å²) in [5.41, 5.74) is 2.78. The lowest BCUT2D eigenvalue weighted by Gasteiger charge is -1.94. The fraction of sp³-hybridized carbons (Fsp3) is 0.188. The molecule has 0 saturated carbocycles. The lowest BCUT2D eigenvalue weighted by atomic mass is 10.4. The number of thioether (sulfide) groups is 1. The number of aryl methyl sites for hydroxylation is 2. The van der Waals surface area contributed by atoms with Crippen LogP contribution < -0.4 is 0 Å². The Labute approximate surface area is 156 Å². The lowest BCUT2D eigenvalue weighted by molar-refractivity contribution is 0.466. The standard InChI is InChI=1S/C16H13N5OS3/c1-9-13(25-10(2)18-9)14-20-21-16(22-14)24-8-11-7-23-15(19-11)12-5-3-4-6-17-12/h3-7H,8H2,1-2H3. The number of hydrogen-bond acceptors (Lipinski definition) is 9. The molecule has 4 aromatic rings. The van der Waals surface area contributed by atoms with Gasteiger partial charge < -0.3 is 4.42 Å². The molecule has 0 spiro atoms. The molecule has 0 amide bonds. The van der Waals surface area contributed by atoms with Crippen molar-refractivity contribution in [2.45, 2.75) is 24.8 Å². The van der Waals surface area contributed by atoms with Gasteiger partial charge in [0.25, 0.3) is 11.1 Å². The molecule has 0 aliphatic heterocycles. The maximum Gasteiger partial charge on any atom is 0.277 e. The predicted molar refractivity (Wildman–Crippen MR) is 99.8 cm³/mol. The highest BCUT2D eigenvalue weighted by Crippen LogP contribution is 2.32. The van der Waals surface area contributed by atoms with E-state index in [0.717, 1.165) is 32.0 Å². The molecule has 0 aromatic carbocycles. The van der Waals surface area contributed by atoms with Gasteiger partial charge in [-0.05, 0) is 26.0 Å². The van der Waals surface area contributed by atoms with E-state index in [1.54, 1.807) is 28.9 Å². The van der Waals surface area contributed by atoms with Crippen LogP contribution in [0.4, 0.5) is 0 Å². The third-order valence-electron chi connectivity index (χ3n) is 3.28. The highest BCUT2D eigenvalue weighted by molar-refractivity contribution is 7.98. The van der Waals surface area contributed by atoms with Crippen LogP contribution in [0, 0.1) is 13.8 Å². The van der Waals surface area contributed by atoms with Crippen LogP contribution in [-0.2, 0) is 5.75 Å². The van der Waals surface area contributed by atoms with E-state index >= 15 is 0 Å². The zero-order valence-corrected chi connectivity index (χ0v) is 15.9. The molecule has 0 aliphatic rings. The van der Waals surface area contributed by atoms with Gasteiger partial charge in [0.1, 0.15) is 9.88 Å². The molecule has 0 unspecified atom stereocenters. The minimum absolute atomic E-state index is 0.526. The third kappa shape index (κ3) is 3.63. The van der Waals surface area contributed by atoms with Gasteiger partial charge in [-0.3, -0.25) is 4.98 Å².